The molecular weight excluding hydrogens is 516 g/mol. The van der Waals surface area contributed by atoms with Gasteiger partial charge >= 0.3 is 11.9 Å². The highest BCUT2D eigenvalue weighted by molar-refractivity contribution is 6.00. The first-order valence-corrected chi connectivity index (χ1v) is 14.5. The molecule has 1 aromatic carbocycles. The van der Waals surface area contributed by atoms with E-state index in [2.05, 4.69) is 74.1 Å². The van der Waals surface area contributed by atoms with Crippen LogP contribution in [0, 0.1) is 0 Å². The van der Waals surface area contributed by atoms with Gasteiger partial charge in [0.15, 0.2) is 0 Å². The molecule has 0 saturated carbocycles. The van der Waals surface area contributed by atoms with Gasteiger partial charge in [0.25, 0.3) is 0 Å². The number of hydrogen-bond acceptors (Lipinski definition) is 6. The Hall–Kier alpha value is -3.97. The molecule has 1 aromatic rings. The smallest absolute Gasteiger partial charge is 0.338 e. The average Bonchev–Trinajstić information content (AvgIpc) is 2.99. The van der Waals surface area contributed by atoms with Crippen molar-refractivity contribution in [3.05, 3.63) is 76.2 Å². The first-order valence-electron chi connectivity index (χ1n) is 14.5. The normalized spacial score (nSPS) is 14.1. The fourth-order valence-corrected chi connectivity index (χ4v) is 5.42. The van der Waals surface area contributed by atoms with Gasteiger partial charge in [-0.2, -0.15) is 0 Å². The standard InChI is InChI=1S/C34H41N2O5/c1-7-35(8-2)24-15-17-28-30(21-24)41-31-22-25(36(9-3)10-4)16-18-29(31)32(28)26-13-11-12-14-27(26)34(38)40-20-19-39-33(37)23(5)6/h11-15,17-18,21-22,25H,5,7-10,16,19-20H2,1-4,6H3/q+1/t25-/m0/s1. The van der Waals surface area contributed by atoms with Crippen molar-refractivity contribution in [2.75, 3.05) is 39.4 Å². The van der Waals surface area contributed by atoms with Crippen molar-refractivity contribution >= 4 is 24.1 Å². The lowest BCUT2D eigenvalue weighted by atomic mass is 9.90. The maximum Gasteiger partial charge on any atom is 0.338 e. The van der Waals surface area contributed by atoms with Crippen molar-refractivity contribution in [2.45, 2.75) is 47.1 Å². The van der Waals surface area contributed by atoms with Crippen molar-refractivity contribution < 1.29 is 23.5 Å². The number of rotatable bonds is 11. The van der Waals surface area contributed by atoms with Gasteiger partial charge in [0, 0.05) is 34.0 Å². The van der Waals surface area contributed by atoms with E-state index in [-0.39, 0.29) is 19.3 Å². The maximum absolute atomic E-state index is 13.3. The molecule has 0 radical (unpaired) electrons. The third kappa shape index (κ3) is 6.51. The molecule has 0 amide bonds. The summed E-state index contributed by atoms with van der Waals surface area (Å²) in [6.45, 7) is 17.4. The van der Waals surface area contributed by atoms with Gasteiger partial charge in [-0.15, -0.1) is 0 Å². The number of carbonyl (C=O) groups is 2. The lowest BCUT2D eigenvalue weighted by molar-refractivity contribution is -0.140. The molecule has 4 rings (SSSR count). The van der Waals surface area contributed by atoms with Crippen molar-refractivity contribution in [1.29, 1.82) is 0 Å². The molecule has 0 saturated heterocycles. The fourth-order valence-electron chi connectivity index (χ4n) is 5.42. The SMILES string of the molecule is C=C(C)C(=O)OCCOC(=O)c1ccccc1-c1c2ccc(=[N+](CC)CC)cc-2oc2c1=CC[C@H](N(CC)CC)C=2. The van der Waals surface area contributed by atoms with Gasteiger partial charge < -0.3 is 13.9 Å². The summed E-state index contributed by atoms with van der Waals surface area (Å²) in [5.41, 5.74) is 4.20. The molecule has 3 aliphatic rings. The molecule has 216 valence electrons. The van der Waals surface area contributed by atoms with Crippen LogP contribution in [-0.4, -0.2) is 62.3 Å². The summed E-state index contributed by atoms with van der Waals surface area (Å²) in [7, 11) is 0. The van der Waals surface area contributed by atoms with Gasteiger partial charge in [-0.3, -0.25) is 4.90 Å². The molecule has 7 nitrogen and oxygen atoms in total. The van der Waals surface area contributed by atoms with Crippen molar-refractivity contribution in [3.8, 4) is 22.5 Å². The van der Waals surface area contributed by atoms with E-state index in [4.69, 9.17) is 13.9 Å². The van der Waals surface area contributed by atoms with Crippen LogP contribution in [0.2, 0.25) is 0 Å². The van der Waals surface area contributed by atoms with Crippen LogP contribution >= 0.6 is 0 Å². The summed E-state index contributed by atoms with van der Waals surface area (Å²) in [5, 5.41) is 2.07. The molecule has 1 heterocycles. The van der Waals surface area contributed by atoms with Crippen LogP contribution in [0.4, 0.5) is 0 Å². The zero-order valence-electron chi connectivity index (χ0n) is 24.9. The Morgan fingerprint density at radius 2 is 1.71 bits per heavy atom. The van der Waals surface area contributed by atoms with Crippen LogP contribution in [0.3, 0.4) is 0 Å². The van der Waals surface area contributed by atoms with E-state index in [1.54, 1.807) is 13.0 Å². The second-order valence-corrected chi connectivity index (χ2v) is 10.1. The largest absolute Gasteiger partial charge is 0.459 e. The van der Waals surface area contributed by atoms with Crippen LogP contribution < -0.4 is 20.6 Å². The van der Waals surface area contributed by atoms with E-state index in [0.29, 0.717) is 11.1 Å². The summed E-state index contributed by atoms with van der Waals surface area (Å²) < 4.78 is 19.5. The van der Waals surface area contributed by atoms with E-state index < -0.39 is 11.9 Å². The fraction of sp³-hybridized carbons (Fsp3) is 0.382. The van der Waals surface area contributed by atoms with Crippen LogP contribution in [-0.2, 0) is 14.3 Å². The van der Waals surface area contributed by atoms with Crippen molar-refractivity contribution in [1.82, 2.24) is 9.48 Å². The van der Waals surface area contributed by atoms with Crippen LogP contribution in [0.15, 0.2) is 59.0 Å². The predicted octanol–water partition coefficient (Wildman–Crippen LogP) is 3.81. The Kier molecular flexibility index (Phi) is 9.95. The first kappa shape index (κ1) is 30.0. The molecule has 1 atom stereocenters. The molecule has 41 heavy (non-hydrogen) atoms. The number of benzene rings is 2. The first-order chi connectivity index (χ1) is 19.8. The lowest BCUT2D eigenvalue weighted by Crippen LogP contribution is -2.41. The van der Waals surface area contributed by atoms with Gasteiger partial charge in [0.1, 0.15) is 37.5 Å². The summed E-state index contributed by atoms with van der Waals surface area (Å²) in [6.07, 6.45) is 5.29. The van der Waals surface area contributed by atoms with E-state index in [9.17, 15) is 9.59 Å². The quantitative estimate of drug-likeness (QED) is 0.155. The van der Waals surface area contributed by atoms with E-state index >= 15 is 0 Å². The van der Waals surface area contributed by atoms with Crippen molar-refractivity contribution in [3.63, 3.8) is 0 Å². The summed E-state index contributed by atoms with van der Waals surface area (Å²) in [5.74, 6) is -0.218. The highest BCUT2D eigenvalue weighted by atomic mass is 16.6. The molecule has 0 spiro atoms. The van der Waals surface area contributed by atoms with E-state index in [1.807, 2.05) is 18.2 Å². The highest BCUT2D eigenvalue weighted by Gasteiger charge is 2.24. The third-order valence-corrected chi connectivity index (χ3v) is 7.62. The van der Waals surface area contributed by atoms with E-state index in [1.165, 1.54) is 0 Å². The summed E-state index contributed by atoms with van der Waals surface area (Å²) >= 11 is 0. The number of fused-ring (bicyclic) bond motifs is 2. The number of hydrogen-bond donors (Lipinski definition) is 0. The molecule has 0 bridgehead atoms. The molecule has 0 unspecified atom stereocenters. The Balaban J connectivity index is 1.86. The predicted molar refractivity (Wildman–Crippen MR) is 163 cm³/mol. The Labute approximate surface area is 242 Å². The second-order valence-electron chi connectivity index (χ2n) is 10.1. The van der Waals surface area contributed by atoms with Gasteiger partial charge in [0.05, 0.1) is 11.6 Å². The minimum atomic E-state index is -0.508. The van der Waals surface area contributed by atoms with Crippen LogP contribution in [0.25, 0.3) is 34.6 Å². The van der Waals surface area contributed by atoms with Gasteiger partial charge in [-0.05, 0) is 64.1 Å². The Morgan fingerprint density at radius 1 is 1.00 bits per heavy atom. The number of carbonyl (C=O) groups excluding carboxylic acids is 2. The minimum absolute atomic E-state index is 0.0359. The Bertz CT molecular complexity index is 1590. The maximum atomic E-state index is 13.3. The molecular formula is C34H41N2O5+. The zero-order valence-corrected chi connectivity index (χ0v) is 24.9. The zero-order chi connectivity index (χ0) is 29.5. The van der Waals surface area contributed by atoms with Crippen molar-refractivity contribution in [2.24, 2.45) is 0 Å². The molecule has 0 N–H and O–H groups in total. The monoisotopic (exact) mass is 557 g/mol. The molecule has 2 aliphatic carbocycles. The summed E-state index contributed by atoms with van der Waals surface area (Å²) in [6, 6.07) is 14.0. The number of nitrogens with zero attached hydrogens (tertiary/aromatic N) is 2. The number of esters is 2. The third-order valence-electron chi connectivity index (χ3n) is 7.62. The van der Waals surface area contributed by atoms with Gasteiger partial charge in [0.2, 0.25) is 5.36 Å². The Morgan fingerprint density at radius 3 is 2.39 bits per heavy atom. The molecule has 0 aromatic heterocycles. The molecule has 0 fully saturated rings. The molecule has 7 heteroatoms. The number of ether oxygens (including phenoxy) is 2. The highest BCUT2D eigenvalue weighted by Crippen LogP contribution is 2.32. The molecule has 1 aliphatic heterocycles. The summed E-state index contributed by atoms with van der Waals surface area (Å²) in [4.78, 5) is 27.4. The second kappa shape index (κ2) is 13.6. The van der Waals surface area contributed by atoms with Gasteiger partial charge in [-0.1, -0.05) is 44.7 Å². The van der Waals surface area contributed by atoms with E-state index in [0.717, 1.165) is 71.0 Å². The average molecular weight is 558 g/mol. The topological polar surface area (TPSA) is 72.0 Å². The van der Waals surface area contributed by atoms with Gasteiger partial charge in [-0.25, -0.2) is 14.2 Å². The minimum Gasteiger partial charge on any atom is -0.459 e. The van der Waals surface area contributed by atoms with Crippen LogP contribution in [0.5, 0.6) is 0 Å². The lowest BCUT2D eigenvalue weighted by Gasteiger charge is -2.28. The van der Waals surface area contributed by atoms with Crippen LogP contribution in [0.1, 0.15) is 51.4 Å².